The van der Waals surface area contributed by atoms with Crippen molar-refractivity contribution in [1.82, 2.24) is 25.4 Å². The average Bonchev–Trinajstić information content (AvgIpc) is 3.43. The third-order valence-corrected chi connectivity index (χ3v) is 5.44. The minimum atomic E-state index is -0.867. The molecule has 1 aliphatic heterocycles. The zero-order valence-corrected chi connectivity index (χ0v) is 17.5. The zero-order valence-electron chi connectivity index (χ0n) is 16.7. The minimum absolute atomic E-state index is 0.149. The number of halogens is 1. The Balaban J connectivity index is 1.35. The van der Waals surface area contributed by atoms with Crippen LogP contribution in [0.2, 0.25) is 0 Å². The number of carbonyl (C=O) groups is 1. The maximum atomic E-state index is 13.2. The van der Waals surface area contributed by atoms with E-state index in [1.807, 2.05) is 4.90 Å². The van der Waals surface area contributed by atoms with Crippen LogP contribution < -0.4 is 15.5 Å². The van der Waals surface area contributed by atoms with E-state index in [0.29, 0.717) is 34.9 Å². The lowest BCUT2D eigenvalue weighted by Gasteiger charge is -2.16. The second-order valence-corrected chi connectivity index (χ2v) is 7.78. The van der Waals surface area contributed by atoms with Crippen LogP contribution in [0.5, 0.6) is 0 Å². The molecule has 2 aromatic heterocycles. The lowest BCUT2D eigenvalue weighted by molar-refractivity contribution is -0.127. The summed E-state index contributed by atoms with van der Waals surface area (Å²) >= 11 is 1.24. The van der Waals surface area contributed by atoms with Crippen molar-refractivity contribution >= 4 is 33.5 Å². The Labute approximate surface area is 181 Å². The van der Waals surface area contributed by atoms with E-state index in [-0.39, 0.29) is 11.9 Å². The Kier molecular flexibility index (Phi) is 6.57. The number of nitrogens with one attached hydrogen (secondary N) is 2. The van der Waals surface area contributed by atoms with Crippen LogP contribution in [-0.4, -0.2) is 57.0 Å². The number of hydrogen-bond acceptors (Lipinski definition) is 10. The highest BCUT2D eigenvalue weighted by molar-refractivity contribution is 7.19. The second kappa shape index (κ2) is 9.71. The van der Waals surface area contributed by atoms with E-state index >= 15 is 0 Å². The Morgan fingerprint density at radius 1 is 1.26 bits per heavy atom. The van der Waals surface area contributed by atoms with Crippen molar-refractivity contribution in [2.75, 3.05) is 35.2 Å². The third-order valence-electron chi connectivity index (χ3n) is 4.67. The minimum Gasteiger partial charge on any atom is -0.364 e. The molecule has 0 saturated carbocycles. The largest absolute Gasteiger partial charge is 0.364 e. The molecule has 2 atom stereocenters. The predicted octanol–water partition coefficient (Wildman–Crippen LogP) is 2.27. The van der Waals surface area contributed by atoms with Gasteiger partial charge in [-0.1, -0.05) is 23.5 Å². The fourth-order valence-electron chi connectivity index (χ4n) is 3.25. The number of carbonyl (C=O) groups excluding carboxylic acids is 1. The molecule has 0 unspecified atom stereocenters. The van der Waals surface area contributed by atoms with Gasteiger partial charge in [-0.2, -0.15) is 5.10 Å². The van der Waals surface area contributed by atoms with Crippen LogP contribution in [0.4, 0.5) is 20.6 Å². The van der Waals surface area contributed by atoms with Crippen LogP contribution in [-0.2, 0) is 9.53 Å². The number of anilines is 3. The molecule has 1 aliphatic rings. The quantitative estimate of drug-likeness (QED) is 0.539. The van der Waals surface area contributed by atoms with Gasteiger partial charge < -0.3 is 15.0 Å². The molecule has 0 bridgehead atoms. The van der Waals surface area contributed by atoms with Gasteiger partial charge in [-0.15, -0.1) is 15.3 Å². The number of hydrogen-bond donors (Lipinski definition) is 2. The lowest BCUT2D eigenvalue weighted by Crippen LogP contribution is -2.27. The molecule has 0 aliphatic carbocycles. The van der Waals surface area contributed by atoms with E-state index in [9.17, 15) is 9.18 Å². The summed E-state index contributed by atoms with van der Waals surface area (Å²) in [6.45, 7) is 3.64. The Morgan fingerprint density at radius 2 is 2.06 bits per heavy atom. The highest BCUT2D eigenvalue weighted by Gasteiger charge is 2.26. The summed E-state index contributed by atoms with van der Waals surface area (Å²) in [5.41, 5.74) is 0.562. The fraction of sp³-hybridized carbons (Fsp3) is 0.368. The van der Waals surface area contributed by atoms with E-state index in [2.05, 4.69) is 36.0 Å². The van der Waals surface area contributed by atoms with Crippen molar-refractivity contribution in [3.05, 3.63) is 48.0 Å². The van der Waals surface area contributed by atoms with Gasteiger partial charge in [0, 0.05) is 25.7 Å². The van der Waals surface area contributed by atoms with Gasteiger partial charge in [0.2, 0.25) is 16.2 Å². The molecule has 10 nitrogen and oxygen atoms in total. The normalized spacial score (nSPS) is 16.8. The van der Waals surface area contributed by atoms with Crippen molar-refractivity contribution in [3.63, 3.8) is 0 Å². The molecule has 1 fully saturated rings. The van der Waals surface area contributed by atoms with Crippen molar-refractivity contribution in [2.24, 2.45) is 0 Å². The van der Waals surface area contributed by atoms with Crippen LogP contribution in [0.15, 0.2) is 36.7 Å². The van der Waals surface area contributed by atoms with Gasteiger partial charge in [0.15, 0.2) is 6.10 Å². The Hall–Kier alpha value is -3.25. The van der Waals surface area contributed by atoms with E-state index < -0.39 is 12.0 Å². The monoisotopic (exact) mass is 444 g/mol. The van der Waals surface area contributed by atoms with Crippen molar-refractivity contribution in [3.8, 4) is 0 Å². The van der Waals surface area contributed by atoms with Gasteiger partial charge in [0.1, 0.15) is 5.82 Å². The molecule has 3 aromatic rings. The summed E-state index contributed by atoms with van der Waals surface area (Å²) in [7, 11) is 0. The number of rotatable bonds is 8. The first-order chi connectivity index (χ1) is 15.1. The lowest BCUT2D eigenvalue weighted by atomic mass is 10.1. The van der Waals surface area contributed by atoms with E-state index in [1.165, 1.54) is 35.6 Å². The average molecular weight is 444 g/mol. The standard InChI is InChI=1S/C19H21FN8O2S/c1-2-30-15(12-3-5-13(20)6-4-12)16(29)24-19-27-26-18(31-19)23-14-7-10-28(11-14)17-21-8-9-22-25-17/h3-6,8-9,14-15H,2,7,10-11H2,1H3,(H,23,26)(H,24,27,29)/t14-,15+/m1/s1. The van der Waals surface area contributed by atoms with Crippen LogP contribution >= 0.6 is 11.3 Å². The van der Waals surface area contributed by atoms with Gasteiger partial charge in [-0.3, -0.25) is 10.1 Å². The Morgan fingerprint density at radius 3 is 2.81 bits per heavy atom. The molecule has 3 heterocycles. The van der Waals surface area contributed by atoms with Gasteiger partial charge in [0.05, 0.1) is 12.4 Å². The third kappa shape index (κ3) is 5.27. The maximum absolute atomic E-state index is 13.2. The first-order valence-electron chi connectivity index (χ1n) is 9.79. The molecule has 12 heteroatoms. The van der Waals surface area contributed by atoms with Crippen molar-refractivity contribution < 1.29 is 13.9 Å². The summed E-state index contributed by atoms with van der Waals surface area (Å²) in [5.74, 6) is -0.170. The van der Waals surface area contributed by atoms with Crippen LogP contribution in [0, 0.1) is 5.82 Å². The summed E-state index contributed by atoms with van der Waals surface area (Å²) in [4.78, 5) is 19.0. The smallest absolute Gasteiger partial charge is 0.259 e. The number of benzene rings is 1. The SMILES string of the molecule is CCO[C@H](C(=O)Nc1nnc(N[C@@H]2CCN(c3nccnn3)C2)s1)c1ccc(F)cc1. The number of amides is 1. The second-order valence-electron chi connectivity index (χ2n) is 6.81. The molecule has 162 valence electrons. The van der Waals surface area contributed by atoms with Crippen molar-refractivity contribution in [2.45, 2.75) is 25.5 Å². The molecule has 1 amide bonds. The van der Waals surface area contributed by atoms with Gasteiger partial charge in [-0.25, -0.2) is 9.37 Å². The summed E-state index contributed by atoms with van der Waals surface area (Å²) < 4.78 is 18.8. The molecule has 1 saturated heterocycles. The van der Waals surface area contributed by atoms with E-state index in [1.54, 1.807) is 19.3 Å². The molecule has 4 rings (SSSR count). The molecule has 31 heavy (non-hydrogen) atoms. The number of aromatic nitrogens is 5. The van der Waals surface area contributed by atoms with Crippen LogP contribution in [0.3, 0.4) is 0 Å². The van der Waals surface area contributed by atoms with Gasteiger partial charge in [0.25, 0.3) is 5.91 Å². The molecule has 1 aromatic carbocycles. The molecule has 2 N–H and O–H groups in total. The molecular formula is C19H21FN8O2S. The maximum Gasteiger partial charge on any atom is 0.259 e. The van der Waals surface area contributed by atoms with Gasteiger partial charge >= 0.3 is 0 Å². The van der Waals surface area contributed by atoms with Crippen molar-refractivity contribution in [1.29, 1.82) is 0 Å². The first kappa shape index (κ1) is 21.0. The summed E-state index contributed by atoms with van der Waals surface area (Å²) in [6, 6.07) is 5.79. The van der Waals surface area contributed by atoms with E-state index in [4.69, 9.17) is 4.74 Å². The molecule has 0 spiro atoms. The van der Waals surface area contributed by atoms with E-state index in [0.717, 1.165) is 13.0 Å². The Bertz CT molecular complexity index is 1000. The molecular weight excluding hydrogens is 423 g/mol. The first-order valence-corrected chi connectivity index (χ1v) is 10.6. The highest BCUT2D eigenvalue weighted by Crippen LogP contribution is 2.26. The zero-order chi connectivity index (χ0) is 21.6. The van der Waals surface area contributed by atoms with Gasteiger partial charge in [-0.05, 0) is 31.0 Å². The highest BCUT2D eigenvalue weighted by atomic mass is 32.1. The molecule has 0 radical (unpaired) electrons. The fourth-order valence-corrected chi connectivity index (χ4v) is 3.97. The summed E-state index contributed by atoms with van der Waals surface area (Å²) in [6.07, 6.45) is 3.17. The number of nitrogens with zero attached hydrogens (tertiary/aromatic N) is 6. The topological polar surface area (TPSA) is 118 Å². The van der Waals surface area contributed by atoms with Crippen LogP contribution in [0.25, 0.3) is 0 Å². The van der Waals surface area contributed by atoms with Crippen LogP contribution in [0.1, 0.15) is 25.0 Å². The summed E-state index contributed by atoms with van der Waals surface area (Å²) in [5, 5.41) is 23.0. The number of ether oxygens (including phenoxy) is 1. The predicted molar refractivity (Wildman–Crippen MR) is 113 cm³/mol.